The number of Topliss-reactive ketones (excluding diaryl/α,β-unsaturated/α-hetero) is 2. The summed E-state index contributed by atoms with van der Waals surface area (Å²) in [5.41, 5.74) is 13.7. The molecule has 0 saturated carbocycles. The number of amides is 1. The molecule has 0 spiro atoms. The van der Waals surface area contributed by atoms with Gasteiger partial charge in [0.2, 0.25) is 0 Å². The lowest BCUT2D eigenvalue weighted by Gasteiger charge is -2.18. The fourth-order valence-corrected chi connectivity index (χ4v) is 4.23. The number of carbonyl (C=O) groups is 3. The van der Waals surface area contributed by atoms with E-state index in [1.54, 1.807) is 119 Å². The van der Waals surface area contributed by atoms with Crippen molar-refractivity contribution in [2.75, 3.05) is 16.8 Å². The summed E-state index contributed by atoms with van der Waals surface area (Å²) in [4.78, 5) is 43.0. The lowest BCUT2D eigenvalue weighted by Crippen LogP contribution is -2.19. The van der Waals surface area contributed by atoms with Gasteiger partial charge in [0.05, 0.1) is 16.1 Å². The van der Waals surface area contributed by atoms with E-state index in [0.29, 0.717) is 33.9 Å². The average molecular weight is 723 g/mol. The van der Waals surface area contributed by atoms with Crippen LogP contribution >= 0.6 is 0 Å². The number of nitro groups is 1. The Kier molecular flexibility index (Phi) is 16.0. The summed E-state index contributed by atoms with van der Waals surface area (Å²) in [6.07, 6.45) is -0.566. The van der Waals surface area contributed by atoms with Crippen LogP contribution in [-0.4, -0.2) is 32.8 Å². The molecule has 7 N–H and O–H groups in total. The molecule has 0 aromatic heterocycles. The van der Waals surface area contributed by atoms with E-state index in [4.69, 9.17) is 16.2 Å². The highest BCUT2D eigenvalue weighted by Gasteiger charge is 2.17. The Morgan fingerprint density at radius 3 is 1.57 bits per heavy atom. The molecule has 53 heavy (non-hydrogen) atoms. The molecule has 0 heterocycles. The summed E-state index contributed by atoms with van der Waals surface area (Å²) < 4.78 is 5.13. The molecule has 0 radical (unpaired) electrons. The molecule has 278 valence electrons. The fourth-order valence-electron chi connectivity index (χ4n) is 4.23. The molecule has 12 heteroatoms. The summed E-state index contributed by atoms with van der Waals surface area (Å²) >= 11 is 0. The molecule has 1 amide bonds. The summed E-state index contributed by atoms with van der Waals surface area (Å²) in [6, 6.07) is 35.7. The van der Waals surface area contributed by atoms with E-state index in [2.05, 4.69) is 5.32 Å². The van der Waals surface area contributed by atoms with E-state index in [0.717, 1.165) is 11.1 Å². The Labute approximate surface area is 309 Å². The molecule has 0 aliphatic rings. The fraction of sp³-hybridized carbons (Fsp3) is 0.195. The first kappa shape index (κ1) is 42.8. The second-order valence-corrected chi connectivity index (χ2v) is 12.7. The molecule has 5 aromatic rings. The minimum atomic E-state index is -0.957. The smallest absolute Gasteiger partial charge is 0.410 e. The number of nitrogens with one attached hydrogen (secondary N) is 1. The SMILES string of the molecule is CC(=O)c1cccc(N)c1.CC(=O)c1cccc([N+](=O)[O-])c1.CC(C)(O)c1cccc(N)c1.CC(C)(O)c1cccc(NC(=O)Oc2ccccc2)c1. The highest BCUT2D eigenvalue weighted by Crippen LogP contribution is 2.23. The van der Waals surface area contributed by atoms with E-state index in [9.17, 15) is 34.7 Å². The van der Waals surface area contributed by atoms with Gasteiger partial charge in [0.25, 0.3) is 5.69 Å². The Morgan fingerprint density at radius 1 is 0.642 bits per heavy atom. The van der Waals surface area contributed by atoms with Crippen LogP contribution in [0.1, 0.15) is 73.4 Å². The van der Waals surface area contributed by atoms with E-state index >= 15 is 0 Å². The minimum Gasteiger partial charge on any atom is -0.410 e. The maximum absolute atomic E-state index is 11.7. The Balaban J connectivity index is 0.000000256. The van der Waals surface area contributed by atoms with Gasteiger partial charge in [-0.2, -0.15) is 0 Å². The maximum Gasteiger partial charge on any atom is 0.417 e. The first-order valence-corrected chi connectivity index (χ1v) is 16.3. The van der Waals surface area contributed by atoms with Crippen LogP contribution in [0.4, 0.5) is 27.5 Å². The molecule has 0 unspecified atom stereocenters. The number of rotatable bonds is 7. The number of hydrogen-bond acceptors (Lipinski definition) is 10. The Hall–Kier alpha value is -6.37. The van der Waals surface area contributed by atoms with Gasteiger partial charge in [-0.25, -0.2) is 4.79 Å². The van der Waals surface area contributed by atoms with Crippen LogP contribution < -0.4 is 21.5 Å². The number of hydrogen-bond donors (Lipinski definition) is 5. The third kappa shape index (κ3) is 16.0. The quantitative estimate of drug-likeness (QED) is 0.0470. The predicted molar refractivity (Wildman–Crippen MR) is 208 cm³/mol. The van der Waals surface area contributed by atoms with Gasteiger partial charge in [-0.15, -0.1) is 0 Å². The molecule has 0 aliphatic carbocycles. The van der Waals surface area contributed by atoms with Crippen LogP contribution in [0.25, 0.3) is 0 Å². The topological polar surface area (TPSA) is 208 Å². The van der Waals surface area contributed by atoms with Crippen LogP contribution in [0.3, 0.4) is 0 Å². The van der Waals surface area contributed by atoms with Crippen molar-refractivity contribution in [3.05, 3.63) is 160 Å². The minimum absolute atomic E-state index is 0.0484. The molecule has 0 bridgehead atoms. The van der Waals surface area contributed by atoms with Gasteiger partial charge in [-0.3, -0.25) is 25.0 Å². The molecule has 0 aliphatic heterocycles. The molecule has 12 nitrogen and oxygen atoms in total. The predicted octanol–water partition coefficient (Wildman–Crippen LogP) is 8.29. The van der Waals surface area contributed by atoms with E-state index < -0.39 is 22.2 Å². The van der Waals surface area contributed by atoms with Gasteiger partial charge in [0.15, 0.2) is 11.6 Å². The second kappa shape index (κ2) is 19.9. The number of aliphatic hydroxyl groups is 2. The molecule has 0 fully saturated rings. The summed E-state index contributed by atoms with van der Waals surface area (Å²) in [7, 11) is 0. The highest BCUT2D eigenvalue weighted by atomic mass is 16.6. The lowest BCUT2D eigenvalue weighted by molar-refractivity contribution is -0.384. The number of nitrogens with two attached hydrogens (primary N) is 2. The average Bonchev–Trinajstić information content (AvgIpc) is 3.09. The first-order chi connectivity index (χ1) is 24.8. The van der Waals surface area contributed by atoms with Gasteiger partial charge < -0.3 is 26.4 Å². The Morgan fingerprint density at radius 2 is 1.11 bits per heavy atom. The third-order valence-corrected chi connectivity index (χ3v) is 7.12. The van der Waals surface area contributed by atoms with Crippen LogP contribution in [0.2, 0.25) is 0 Å². The van der Waals surface area contributed by atoms with Crippen molar-refractivity contribution in [3.8, 4) is 5.75 Å². The molecular formula is C41H46N4O8. The van der Waals surface area contributed by atoms with Gasteiger partial charge in [-0.05, 0) is 101 Å². The zero-order valence-electron chi connectivity index (χ0n) is 30.6. The zero-order valence-corrected chi connectivity index (χ0v) is 30.6. The number of nitrogens with zero attached hydrogens (tertiary/aromatic N) is 1. The van der Waals surface area contributed by atoms with E-state index in [-0.39, 0.29) is 17.3 Å². The number of benzene rings is 5. The first-order valence-electron chi connectivity index (χ1n) is 16.3. The molecule has 0 saturated heterocycles. The monoisotopic (exact) mass is 722 g/mol. The van der Waals surface area contributed by atoms with Gasteiger partial charge in [0.1, 0.15) is 5.75 Å². The van der Waals surface area contributed by atoms with Crippen molar-refractivity contribution in [1.82, 2.24) is 0 Å². The lowest BCUT2D eigenvalue weighted by atomic mass is 9.98. The summed E-state index contributed by atoms with van der Waals surface area (Å²) in [5, 5.41) is 32.4. The van der Waals surface area contributed by atoms with Crippen molar-refractivity contribution in [3.63, 3.8) is 0 Å². The number of ketones is 2. The second-order valence-electron chi connectivity index (χ2n) is 12.7. The number of ether oxygens (including phenoxy) is 1. The number of nitro benzene ring substituents is 1. The molecule has 5 rings (SSSR count). The van der Waals surface area contributed by atoms with Crippen molar-refractivity contribution < 1.29 is 34.3 Å². The van der Waals surface area contributed by atoms with Crippen molar-refractivity contribution in [2.24, 2.45) is 0 Å². The summed E-state index contributed by atoms with van der Waals surface area (Å²) in [5.74, 6) is 0.356. The van der Waals surface area contributed by atoms with Crippen LogP contribution in [0.15, 0.2) is 127 Å². The van der Waals surface area contributed by atoms with Crippen LogP contribution in [0.5, 0.6) is 5.75 Å². The largest absolute Gasteiger partial charge is 0.417 e. The molecule has 0 atom stereocenters. The zero-order chi connectivity index (χ0) is 39.8. The number of anilines is 3. The van der Waals surface area contributed by atoms with Crippen LogP contribution in [-0.2, 0) is 11.2 Å². The van der Waals surface area contributed by atoms with Crippen molar-refractivity contribution in [2.45, 2.75) is 52.7 Å². The number of carbonyl (C=O) groups excluding carboxylic acids is 3. The molecule has 5 aromatic carbocycles. The standard InChI is InChI=1S/C16H17NO3.C9H13NO.C8H7NO3.C8H9NO/c1-16(2,19)12-7-6-8-13(11-12)17-15(18)20-14-9-4-3-5-10-14;1-9(2,11)7-4-3-5-8(10)6-7;1-6(10)7-3-2-4-8(5-7)9(11)12;1-6(10)7-3-2-4-8(9)5-7/h3-11,19H,1-2H3,(H,17,18);3-6,11H,10H2,1-2H3;2-5H,1H3;2-5H,9H2,1H3. The molecular weight excluding hydrogens is 676 g/mol. The Bertz CT molecular complexity index is 1960. The van der Waals surface area contributed by atoms with E-state index in [1.165, 1.54) is 32.0 Å². The third-order valence-electron chi connectivity index (χ3n) is 7.12. The van der Waals surface area contributed by atoms with E-state index in [1.807, 2.05) is 18.2 Å². The van der Waals surface area contributed by atoms with Gasteiger partial charge >= 0.3 is 6.09 Å². The normalized spacial score (nSPS) is 10.4. The van der Waals surface area contributed by atoms with Gasteiger partial charge in [-0.1, -0.05) is 66.7 Å². The number of non-ortho nitro benzene ring substituents is 1. The van der Waals surface area contributed by atoms with Gasteiger partial charge in [0, 0.05) is 40.3 Å². The highest BCUT2D eigenvalue weighted by molar-refractivity contribution is 5.95. The number of para-hydroxylation sites is 1. The number of nitrogen functional groups attached to an aromatic ring is 2. The van der Waals surface area contributed by atoms with Crippen molar-refractivity contribution >= 4 is 40.4 Å². The summed E-state index contributed by atoms with van der Waals surface area (Å²) in [6.45, 7) is 9.75. The maximum atomic E-state index is 11.7. The van der Waals surface area contributed by atoms with Crippen molar-refractivity contribution in [1.29, 1.82) is 0 Å². The van der Waals surface area contributed by atoms with Crippen LogP contribution in [0, 0.1) is 10.1 Å².